The highest BCUT2D eigenvalue weighted by Crippen LogP contribution is 2.33. The van der Waals surface area contributed by atoms with Crippen LogP contribution in [0.25, 0.3) is 0 Å². The molecule has 0 bridgehead atoms. The Labute approximate surface area is 113 Å². The van der Waals surface area contributed by atoms with Crippen molar-refractivity contribution in [3.63, 3.8) is 0 Å². The molecule has 1 unspecified atom stereocenters. The van der Waals surface area contributed by atoms with Gasteiger partial charge in [-0.3, -0.25) is 10.1 Å². The average Bonchev–Trinajstić information content (AvgIpc) is 2.95. The Bertz CT molecular complexity index is 658. The van der Waals surface area contributed by atoms with E-state index in [0.717, 1.165) is 12.3 Å². The van der Waals surface area contributed by atoms with Crippen molar-refractivity contribution >= 4 is 0 Å². The molecule has 9 heteroatoms. The number of halogens is 5. The number of nitro groups is 1. The van der Waals surface area contributed by atoms with Crippen molar-refractivity contribution in [2.24, 2.45) is 0 Å². The van der Waals surface area contributed by atoms with Gasteiger partial charge in [-0.05, 0) is 12.1 Å². The van der Waals surface area contributed by atoms with Crippen LogP contribution in [0.2, 0.25) is 0 Å². The zero-order valence-corrected chi connectivity index (χ0v) is 10.1. The standard InChI is InChI=1S/C12H6F5NO3/c13-8-7(9(14)11(16)12(17)10(8)15)5(4-18(19)20)6-2-1-3-21-6/h1-3,5H,4H2. The second-order valence-corrected chi connectivity index (χ2v) is 4.07. The molecule has 1 aromatic heterocycles. The van der Waals surface area contributed by atoms with Gasteiger partial charge in [0, 0.05) is 10.5 Å². The van der Waals surface area contributed by atoms with E-state index >= 15 is 0 Å². The molecule has 1 aromatic carbocycles. The normalized spacial score (nSPS) is 12.4. The van der Waals surface area contributed by atoms with E-state index in [-0.39, 0.29) is 5.76 Å². The van der Waals surface area contributed by atoms with E-state index in [2.05, 4.69) is 0 Å². The third-order valence-electron chi connectivity index (χ3n) is 2.81. The fraction of sp³-hybridized carbons (Fsp3) is 0.167. The van der Waals surface area contributed by atoms with Gasteiger partial charge in [-0.25, -0.2) is 22.0 Å². The average molecular weight is 307 g/mol. The van der Waals surface area contributed by atoms with Crippen LogP contribution in [0.4, 0.5) is 22.0 Å². The fourth-order valence-electron chi connectivity index (χ4n) is 1.89. The van der Waals surface area contributed by atoms with Gasteiger partial charge < -0.3 is 4.42 Å². The summed E-state index contributed by atoms with van der Waals surface area (Å²) in [5.74, 6) is -12.9. The summed E-state index contributed by atoms with van der Waals surface area (Å²) in [7, 11) is 0. The Balaban J connectivity index is 2.69. The molecule has 21 heavy (non-hydrogen) atoms. The van der Waals surface area contributed by atoms with Crippen molar-refractivity contribution < 1.29 is 31.3 Å². The van der Waals surface area contributed by atoms with Crippen molar-refractivity contribution in [3.05, 3.63) is 68.9 Å². The van der Waals surface area contributed by atoms with Crippen LogP contribution in [0.1, 0.15) is 17.2 Å². The van der Waals surface area contributed by atoms with E-state index < -0.39 is 52.0 Å². The molecule has 0 radical (unpaired) electrons. The zero-order valence-electron chi connectivity index (χ0n) is 10.1. The van der Waals surface area contributed by atoms with E-state index in [9.17, 15) is 32.1 Å². The molecule has 0 saturated heterocycles. The summed E-state index contributed by atoms with van der Waals surface area (Å²) in [6, 6.07) is 2.42. The monoisotopic (exact) mass is 307 g/mol. The maximum atomic E-state index is 13.7. The van der Waals surface area contributed by atoms with E-state index in [0.29, 0.717) is 0 Å². The summed E-state index contributed by atoms with van der Waals surface area (Å²) in [5, 5.41) is 10.6. The molecule has 0 aliphatic carbocycles. The highest BCUT2D eigenvalue weighted by molar-refractivity contribution is 5.32. The first-order valence-electron chi connectivity index (χ1n) is 5.51. The summed E-state index contributed by atoms with van der Waals surface area (Å²) in [6.45, 7) is -1.09. The van der Waals surface area contributed by atoms with Gasteiger partial charge in [0.05, 0.1) is 6.26 Å². The van der Waals surface area contributed by atoms with Crippen molar-refractivity contribution in [2.45, 2.75) is 5.92 Å². The van der Waals surface area contributed by atoms with Gasteiger partial charge >= 0.3 is 0 Å². The van der Waals surface area contributed by atoms with E-state index in [1.165, 1.54) is 6.07 Å². The molecule has 0 amide bonds. The number of hydrogen-bond donors (Lipinski definition) is 0. The predicted molar refractivity (Wildman–Crippen MR) is 58.6 cm³/mol. The molecule has 0 N–H and O–H groups in total. The minimum absolute atomic E-state index is 0.282. The van der Waals surface area contributed by atoms with Gasteiger partial charge in [0.15, 0.2) is 23.3 Å². The van der Waals surface area contributed by atoms with Crippen molar-refractivity contribution in [1.29, 1.82) is 0 Å². The lowest BCUT2D eigenvalue weighted by Gasteiger charge is -2.14. The lowest BCUT2D eigenvalue weighted by atomic mass is 9.94. The molecule has 0 aliphatic heterocycles. The topological polar surface area (TPSA) is 56.3 Å². The van der Waals surface area contributed by atoms with Crippen molar-refractivity contribution in [3.8, 4) is 0 Å². The highest BCUT2D eigenvalue weighted by Gasteiger charge is 2.35. The SMILES string of the molecule is O=[N+]([O-])CC(c1ccco1)c1c(F)c(F)c(F)c(F)c1F. The molecule has 1 heterocycles. The Hall–Kier alpha value is -2.45. The van der Waals surface area contributed by atoms with Gasteiger partial charge in [-0.1, -0.05) is 0 Å². The van der Waals surface area contributed by atoms with Crippen molar-refractivity contribution in [1.82, 2.24) is 0 Å². The number of benzene rings is 1. The third-order valence-corrected chi connectivity index (χ3v) is 2.81. The summed E-state index contributed by atoms with van der Waals surface area (Å²) in [6.07, 6.45) is 1.06. The van der Waals surface area contributed by atoms with Crippen LogP contribution in [-0.4, -0.2) is 11.5 Å². The molecule has 4 nitrogen and oxygen atoms in total. The second-order valence-electron chi connectivity index (χ2n) is 4.07. The maximum absolute atomic E-state index is 13.7. The van der Waals surface area contributed by atoms with Crippen LogP contribution in [0.15, 0.2) is 22.8 Å². The number of nitrogens with zero attached hydrogens (tertiary/aromatic N) is 1. The number of rotatable bonds is 4. The second kappa shape index (κ2) is 5.51. The van der Waals surface area contributed by atoms with Crippen LogP contribution in [0, 0.1) is 39.2 Å². The lowest BCUT2D eigenvalue weighted by Crippen LogP contribution is -2.19. The van der Waals surface area contributed by atoms with Crippen LogP contribution >= 0.6 is 0 Å². The molecule has 0 spiro atoms. The quantitative estimate of drug-likeness (QED) is 0.286. The minimum atomic E-state index is -2.33. The minimum Gasteiger partial charge on any atom is -0.468 e. The predicted octanol–water partition coefficient (Wildman–Crippen LogP) is 3.38. The molecule has 112 valence electrons. The summed E-state index contributed by atoms with van der Waals surface area (Å²) < 4.78 is 71.6. The molecule has 1 atom stereocenters. The first-order chi connectivity index (χ1) is 9.84. The smallest absolute Gasteiger partial charge is 0.217 e. The van der Waals surface area contributed by atoms with Gasteiger partial charge in [0.1, 0.15) is 11.7 Å². The first kappa shape index (κ1) is 14.9. The Kier molecular flexibility index (Phi) is 3.92. The molecule has 0 fully saturated rings. The fourth-order valence-corrected chi connectivity index (χ4v) is 1.89. The van der Waals surface area contributed by atoms with Gasteiger partial charge in [0.2, 0.25) is 12.4 Å². The van der Waals surface area contributed by atoms with Gasteiger partial charge in [-0.2, -0.15) is 0 Å². The molecule has 2 rings (SSSR count). The largest absolute Gasteiger partial charge is 0.468 e. The summed E-state index contributed by atoms with van der Waals surface area (Å²) >= 11 is 0. The van der Waals surface area contributed by atoms with Crippen LogP contribution < -0.4 is 0 Å². The van der Waals surface area contributed by atoms with Crippen LogP contribution in [0.5, 0.6) is 0 Å². The Morgan fingerprint density at radius 1 is 1.05 bits per heavy atom. The molecule has 0 aliphatic rings. The number of furan rings is 1. The van der Waals surface area contributed by atoms with Gasteiger partial charge in [-0.15, -0.1) is 0 Å². The first-order valence-corrected chi connectivity index (χ1v) is 5.51. The molecule has 2 aromatic rings. The zero-order chi connectivity index (χ0) is 15.7. The maximum Gasteiger partial charge on any atom is 0.217 e. The van der Waals surface area contributed by atoms with E-state index in [1.54, 1.807) is 0 Å². The molecule has 0 saturated carbocycles. The molecular weight excluding hydrogens is 301 g/mol. The van der Waals surface area contributed by atoms with Crippen molar-refractivity contribution in [2.75, 3.05) is 6.54 Å². The molecular formula is C12H6F5NO3. The van der Waals surface area contributed by atoms with Crippen LogP contribution in [-0.2, 0) is 0 Å². The Morgan fingerprint density at radius 3 is 2.00 bits per heavy atom. The lowest BCUT2D eigenvalue weighted by molar-refractivity contribution is -0.482. The number of hydrogen-bond acceptors (Lipinski definition) is 3. The van der Waals surface area contributed by atoms with E-state index in [1.807, 2.05) is 0 Å². The Morgan fingerprint density at radius 2 is 1.57 bits per heavy atom. The highest BCUT2D eigenvalue weighted by atomic mass is 19.2. The summed E-state index contributed by atoms with van der Waals surface area (Å²) in [5.41, 5.74) is -1.29. The summed E-state index contributed by atoms with van der Waals surface area (Å²) in [4.78, 5) is 9.66. The van der Waals surface area contributed by atoms with Gasteiger partial charge in [0.25, 0.3) is 0 Å². The third kappa shape index (κ3) is 2.58. The van der Waals surface area contributed by atoms with Crippen LogP contribution in [0.3, 0.4) is 0 Å². The van der Waals surface area contributed by atoms with E-state index in [4.69, 9.17) is 4.42 Å².